The molecule has 1 heterocycles. The minimum atomic E-state index is -0.368. The van der Waals surface area contributed by atoms with Crippen molar-refractivity contribution in [3.8, 4) is 17.2 Å². The van der Waals surface area contributed by atoms with Crippen LogP contribution >= 0.6 is 11.3 Å². The van der Waals surface area contributed by atoms with E-state index in [2.05, 4.69) is 10.5 Å². The molecule has 0 atom stereocenters. The highest BCUT2D eigenvalue weighted by atomic mass is 32.1. The summed E-state index contributed by atoms with van der Waals surface area (Å²) in [4.78, 5) is 13.1. The second-order valence-corrected chi connectivity index (χ2v) is 5.11. The van der Waals surface area contributed by atoms with E-state index in [1.165, 1.54) is 32.7 Å². The molecule has 0 saturated heterocycles. The first-order chi connectivity index (χ1) is 10.7. The van der Waals surface area contributed by atoms with Gasteiger partial charge in [0.2, 0.25) is 5.75 Å². The minimum absolute atomic E-state index is 0.359. The molecular formula is C15H16N2O4S. The number of hydrogen-bond acceptors (Lipinski definition) is 6. The summed E-state index contributed by atoms with van der Waals surface area (Å²) in [5.74, 6) is 0.888. The van der Waals surface area contributed by atoms with Gasteiger partial charge in [-0.2, -0.15) is 5.10 Å². The Bertz CT molecular complexity index is 643. The van der Waals surface area contributed by atoms with Gasteiger partial charge < -0.3 is 14.2 Å². The minimum Gasteiger partial charge on any atom is -0.493 e. The Kier molecular flexibility index (Phi) is 5.37. The fraction of sp³-hybridized carbons (Fsp3) is 0.200. The summed E-state index contributed by atoms with van der Waals surface area (Å²) in [7, 11) is 4.49. The molecule has 0 aliphatic rings. The Morgan fingerprint density at radius 1 is 1.18 bits per heavy atom. The van der Waals surface area contributed by atoms with E-state index >= 15 is 0 Å². The van der Waals surface area contributed by atoms with Crippen LogP contribution in [0, 0.1) is 0 Å². The third kappa shape index (κ3) is 3.56. The number of rotatable bonds is 6. The van der Waals surface area contributed by atoms with Crippen LogP contribution in [0.25, 0.3) is 0 Å². The van der Waals surface area contributed by atoms with Gasteiger partial charge in [-0.3, -0.25) is 4.79 Å². The molecule has 0 fully saturated rings. The van der Waals surface area contributed by atoms with Gasteiger partial charge >= 0.3 is 0 Å². The van der Waals surface area contributed by atoms with Gasteiger partial charge in [-0.05, 0) is 23.6 Å². The molecule has 22 heavy (non-hydrogen) atoms. The lowest BCUT2D eigenvalue weighted by Gasteiger charge is -2.13. The smallest absolute Gasteiger partial charge is 0.271 e. The molecule has 1 amide bonds. The van der Waals surface area contributed by atoms with Crippen LogP contribution < -0.4 is 19.6 Å². The first-order valence-electron chi connectivity index (χ1n) is 6.36. The molecule has 0 saturated carbocycles. The average molecular weight is 320 g/mol. The molecule has 6 nitrogen and oxygen atoms in total. The maximum absolute atomic E-state index is 12.1. The van der Waals surface area contributed by atoms with Crippen LogP contribution in [0.2, 0.25) is 0 Å². The predicted octanol–water partition coefficient (Wildman–Crippen LogP) is 2.54. The Hall–Kier alpha value is -2.54. The Morgan fingerprint density at radius 2 is 1.86 bits per heavy atom. The standard InChI is InChI=1S/C15H16N2O4S/c1-19-12-7-10(8-13(20-2)14(12)21-3)15(18)17-16-9-11-5-4-6-22-11/h4-9H,1-3H3,(H,17,18)/b16-9+. The number of hydrazone groups is 1. The number of ether oxygens (including phenoxy) is 3. The lowest BCUT2D eigenvalue weighted by atomic mass is 10.1. The largest absolute Gasteiger partial charge is 0.493 e. The Labute approximate surface area is 132 Å². The molecule has 0 aliphatic heterocycles. The summed E-state index contributed by atoms with van der Waals surface area (Å²) in [6, 6.07) is 6.95. The lowest BCUT2D eigenvalue weighted by Crippen LogP contribution is -2.17. The molecule has 2 aromatic rings. The fourth-order valence-electron chi connectivity index (χ4n) is 1.80. The number of nitrogens with one attached hydrogen (secondary N) is 1. The maximum Gasteiger partial charge on any atom is 0.271 e. The molecule has 0 aliphatic carbocycles. The van der Waals surface area contributed by atoms with E-state index in [4.69, 9.17) is 14.2 Å². The molecule has 7 heteroatoms. The monoisotopic (exact) mass is 320 g/mol. The van der Waals surface area contributed by atoms with Gasteiger partial charge in [0, 0.05) is 10.4 Å². The van der Waals surface area contributed by atoms with E-state index in [1.807, 2.05) is 17.5 Å². The van der Waals surface area contributed by atoms with Crippen LogP contribution in [0.5, 0.6) is 17.2 Å². The molecule has 116 valence electrons. The van der Waals surface area contributed by atoms with Crippen molar-refractivity contribution in [1.29, 1.82) is 0 Å². The van der Waals surface area contributed by atoms with Crippen molar-refractivity contribution in [2.75, 3.05) is 21.3 Å². The van der Waals surface area contributed by atoms with Crippen molar-refractivity contribution < 1.29 is 19.0 Å². The second-order valence-electron chi connectivity index (χ2n) is 4.13. The van der Waals surface area contributed by atoms with Gasteiger partial charge in [-0.15, -0.1) is 11.3 Å². The number of carbonyl (C=O) groups excluding carboxylic acids is 1. The topological polar surface area (TPSA) is 69.2 Å². The van der Waals surface area contributed by atoms with Crippen LogP contribution in [-0.2, 0) is 0 Å². The molecule has 0 bridgehead atoms. The predicted molar refractivity (Wildman–Crippen MR) is 85.5 cm³/mol. The highest BCUT2D eigenvalue weighted by Crippen LogP contribution is 2.38. The van der Waals surface area contributed by atoms with Crippen molar-refractivity contribution in [3.05, 3.63) is 40.1 Å². The van der Waals surface area contributed by atoms with Crippen LogP contribution in [0.1, 0.15) is 15.2 Å². The summed E-state index contributed by atoms with van der Waals surface area (Å²) in [5.41, 5.74) is 2.82. The summed E-state index contributed by atoms with van der Waals surface area (Å²) >= 11 is 1.53. The number of thiophene rings is 1. The van der Waals surface area contributed by atoms with Crippen LogP contribution in [-0.4, -0.2) is 33.5 Å². The Balaban J connectivity index is 2.18. The SMILES string of the molecule is COc1cc(C(=O)N/N=C/c2cccs2)cc(OC)c1OC. The average Bonchev–Trinajstić information content (AvgIpc) is 3.06. The van der Waals surface area contributed by atoms with Crippen LogP contribution in [0.3, 0.4) is 0 Å². The zero-order valence-corrected chi connectivity index (χ0v) is 13.3. The summed E-state index contributed by atoms with van der Waals surface area (Å²) < 4.78 is 15.6. The van der Waals surface area contributed by atoms with Gasteiger partial charge in [0.15, 0.2) is 11.5 Å². The lowest BCUT2D eigenvalue weighted by molar-refractivity contribution is 0.0954. The first kappa shape index (κ1) is 15.8. The third-order valence-electron chi connectivity index (χ3n) is 2.83. The van der Waals surface area contributed by atoms with E-state index < -0.39 is 0 Å². The van der Waals surface area contributed by atoms with E-state index in [0.29, 0.717) is 22.8 Å². The van der Waals surface area contributed by atoms with E-state index in [-0.39, 0.29) is 5.91 Å². The number of methoxy groups -OCH3 is 3. The van der Waals surface area contributed by atoms with Crippen LogP contribution in [0.15, 0.2) is 34.7 Å². The van der Waals surface area contributed by atoms with Gasteiger partial charge in [-0.1, -0.05) is 6.07 Å². The van der Waals surface area contributed by atoms with E-state index in [1.54, 1.807) is 18.3 Å². The molecule has 1 aromatic heterocycles. The summed E-state index contributed by atoms with van der Waals surface area (Å²) in [6.45, 7) is 0. The van der Waals surface area contributed by atoms with Crippen molar-refractivity contribution in [2.24, 2.45) is 5.10 Å². The zero-order chi connectivity index (χ0) is 15.9. The number of nitrogens with zero attached hydrogens (tertiary/aromatic N) is 1. The molecule has 2 rings (SSSR count). The normalized spacial score (nSPS) is 10.5. The van der Waals surface area contributed by atoms with Crippen molar-refractivity contribution in [1.82, 2.24) is 5.43 Å². The van der Waals surface area contributed by atoms with Gasteiger partial charge in [-0.25, -0.2) is 5.43 Å². The number of amides is 1. The van der Waals surface area contributed by atoms with Gasteiger partial charge in [0.25, 0.3) is 5.91 Å². The highest BCUT2D eigenvalue weighted by molar-refractivity contribution is 7.11. The molecule has 0 radical (unpaired) electrons. The fourth-order valence-corrected chi connectivity index (χ4v) is 2.38. The number of hydrogen-bond donors (Lipinski definition) is 1. The quantitative estimate of drug-likeness (QED) is 0.656. The molecule has 0 unspecified atom stereocenters. The number of benzene rings is 1. The van der Waals surface area contributed by atoms with Crippen molar-refractivity contribution in [2.45, 2.75) is 0 Å². The summed E-state index contributed by atoms with van der Waals surface area (Å²) in [5, 5.41) is 5.85. The molecule has 0 spiro atoms. The van der Waals surface area contributed by atoms with Crippen molar-refractivity contribution >= 4 is 23.5 Å². The molecule has 1 N–H and O–H groups in total. The van der Waals surface area contributed by atoms with Crippen molar-refractivity contribution in [3.63, 3.8) is 0 Å². The number of carbonyl (C=O) groups is 1. The maximum atomic E-state index is 12.1. The molecule has 1 aromatic carbocycles. The van der Waals surface area contributed by atoms with Gasteiger partial charge in [0.1, 0.15) is 0 Å². The second kappa shape index (κ2) is 7.46. The van der Waals surface area contributed by atoms with Crippen LogP contribution in [0.4, 0.5) is 0 Å². The Morgan fingerprint density at radius 3 is 2.36 bits per heavy atom. The highest BCUT2D eigenvalue weighted by Gasteiger charge is 2.16. The molecular weight excluding hydrogens is 304 g/mol. The van der Waals surface area contributed by atoms with E-state index in [9.17, 15) is 4.79 Å². The first-order valence-corrected chi connectivity index (χ1v) is 7.24. The van der Waals surface area contributed by atoms with E-state index in [0.717, 1.165) is 4.88 Å². The third-order valence-corrected chi connectivity index (χ3v) is 3.63. The zero-order valence-electron chi connectivity index (χ0n) is 12.5. The van der Waals surface area contributed by atoms with Gasteiger partial charge in [0.05, 0.1) is 27.5 Å². The summed E-state index contributed by atoms with van der Waals surface area (Å²) in [6.07, 6.45) is 1.58.